The van der Waals surface area contributed by atoms with E-state index in [2.05, 4.69) is 10.6 Å². The summed E-state index contributed by atoms with van der Waals surface area (Å²) in [4.78, 5) is 25.2. The Balaban J connectivity index is 2.10. The topological polar surface area (TPSA) is 102 Å². The fourth-order valence-corrected chi connectivity index (χ4v) is 4.80. The first-order chi connectivity index (χ1) is 14.6. The van der Waals surface area contributed by atoms with E-state index in [1.165, 1.54) is 6.07 Å². The third-order valence-corrected chi connectivity index (χ3v) is 6.92. The summed E-state index contributed by atoms with van der Waals surface area (Å²) in [5.41, 5.74) is 2.39. The molecule has 1 unspecified atom stereocenters. The van der Waals surface area contributed by atoms with E-state index in [9.17, 15) is 18.0 Å². The second kappa shape index (κ2) is 9.11. The summed E-state index contributed by atoms with van der Waals surface area (Å²) in [5.74, 6) is -1.26. The highest BCUT2D eigenvalue weighted by molar-refractivity contribution is 7.91. The summed E-state index contributed by atoms with van der Waals surface area (Å²) in [6.45, 7) is 5.45. The summed E-state index contributed by atoms with van der Waals surface area (Å²) in [5, 5.41) is 5.65. The normalized spacial score (nSPS) is 16.5. The molecule has 1 atom stereocenters. The molecule has 2 N–H and O–H groups in total. The Kier molecular flexibility index (Phi) is 6.71. The third kappa shape index (κ3) is 5.08. The number of ether oxygens (including phenoxy) is 1. The average Bonchev–Trinajstić information content (AvgIpc) is 2.70. The molecule has 0 saturated heterocycles. The van der Waals surface area contributed by atoms with Crippen molar-refractivity contribution < 1.29 is 22.7 Å². The predicted molar refractivity (Wildman–Crippen MR) is 117 cm³/mol. The van der Waals surface area contributed by atoms with Gasteiger partial charge in [-0.15, -0.1) is 0 Å². The fourth-order valence-electron chi connectivity index (χ4n) is 3.27. The van der Waals surface area contributed by atoms with Crippen LogP contribution in [0.25, 0.3) is 0 Å². The molecule has 9 heteroatoms. The van der Waals surface area contributed by atoms with Crippen molar-refractivity contribution in [3.8, 4) is 0 Å². The predicted octanol–water partition coefficient (Wildman–Crippen LogP) is 3.60. The van der Waals surface area contributed by atoms with E-state index in [0.29, 0.717) is 10.6 Å². The minimum Gasteiger partial charge on any atom is -0.463 e. The quantitative estimate of drug-likeness (QED) is 0.638. The van der Waals surface area contributed by atoms with Crippen molar-refractivity contribution >= 4 is 33.4 Å². The molecule has 0 aliphatic carbocycles. The van der Waals surface area contributed by atoms with Gasteiger partial charge in [0.1, 0.15) is 0 Å². The van der Waals surface area contributed by atoms with Crippen molar-refractivity contribution in [2.75, 3.05) is 12.4 Å². The molecule has 7 nitrogen and oxygen atoms in total. The van der Waals surface area contributed by atoms with E-state index in [1.54, 1.807) is 43.3 Å². The number of hydrogen-bond acceptors (Lipinski definition) is 5. The molecule has 164 valence electrons. The van der Waals surface area contributed by atoms with Crippen LogP contribution in [-0.2, 0) is 19.4 Å². The molecule has 1 aliphatic rings. The van der Waals surface area contributed by atoms with Gasteiger partial charge in [0.05, 0.1) is 28.9 Å². The molecule has 0 radical (unpaired) electrons. The summed E-state index contributed by atoms with van der Waals surface area (Å²) in [6.07, 6.45) is 0. The molecule has 31 heavy (non-hydrogen) atoms. The molecule has 0 aromatic heterocycles. The third-order valence-electron chi connectivity index (χ3n) is 5.02. The van der Waals surface area contributed by atoms with Gasteiger partial charge in [-0.3, -0.25) is 0 Å². The van der Waals surface area contributed by atoms with Crippen molar-refractivity contribution in [1.82, 2.24) is 10.6 Å². The maximum atomic E-state index is 13.1. The smallest absolute Gasteiger partial charge is 0.338 e. The van der Waals surface area contributed by atoms with Gasteiger partial charge in [-0.25, -0.2) is 18.0 Å². The highest BCUT2D eigenvalue weighted by atomic mass is 35.5. The molecule has 2 aromatic carbocycles. The lowest BCUT2D eigenvalue weighted by molar-refractivity contribution is -0.139. The van der Waals surface area contributed by atoms with E-state index in [-0.39, 0.29) is 22.8 Å². The second-order valence-corrected chi connectivity index (χ2v) is 9.63. The molecule has 2 amide bonds. The van der Waals surface area contributed by atoms with Crippen LogP contribution >= 0.6 is 11.6 Å². The van der Waals surface area contributed by atoms with Crippen LogP contribution in [0, 0.1) is 13.8 Å². The Bertz CT molecular complexity index is 1160. The summed E-state index contributed by atoms with van der Waals surface area (Å²) in [7, 11) is -3.85. The van der Waals surface area contributed by atoms with Crippen LogP contribution in [0.2, 0.25) is 5.02 Å². The highest BCUT2D eigenvalue weighted by Gasteiger charge is 2.35. The average molecular weight is 463 g/mol. The molecule has 0 bridgehead atoms. The first kappa shape index (κ1) is 22.8. The van der Waals surface area contributed by atoms with Gasteiger partial charge in [-0.2, -0.15) is 0 Å². The molecular weight excluding hydrogens is 440 g/mol. The molecule has 1 aliphatic heterocycles. The maximum absolute atomic E-state index is 13.1. The lowest BCUT2D eigenvalue weighted by Gasteiger charge is -2.29. The number of esters is 1. The number of benzene rings is 2. The second-order valence-electron chi connectivity index (χ2n) is 7.20. The van der Waals surface area contributed by atoms with Gasteiger partial charge >= 0.3 is 12.0 Å². The zero-order valence-electron chi connectivity index (χ0n) is 17.4. The van der Waals surface area contributed by atoms with Crippen LogP contribution < -0.4 is 10.6 Å². The van der Waals surface area contributed by atoms with E-state index < -0.39 is 33.6 Å². The van der Waals surface area contributed by atoms with Gasteiger partial charge < -0.3 is 15.4 Å². The van der Waals surface area contributed by atoms with Crippen LogP contribution in [0.4, 0.5) is 4.79 Å². The van der Waals surface area contributed by atoms with Crippen LogP contribution in [-0.4, -0.2) is 32.8 Å². The summed E-state index contributed by atoms with van der Waals surface area (Å²) < 4.78 is 31.4. The number of halogens is 1. The van der Waals surface area contributed by atoms with Crippen LogP contribution in [0.1, 0.15) is 29.7 Å². The summed E-state index contributed by atoms with van der Waals surface area (Å²) >= 11 is 5.95. The van der Waals surface area contributed by atoms with Crippen molar-refractivity contribution in [3.63, 3.8) is 0 Å². The zero-order valence-corrected chi connectivity index (χ0v) is 18.9. The van der Waals surface area contributed by atoms with Crippen molar-refractivity contribution in [3.05, 3.63) is 75.4 Å². The molecule has 1 heterocycles. The van der Waals surface area contributed by atoms with Crippen LogP contribution in [0.15, 0.2) is 58.6 Å². The van der Waals surface area contributed by atoms with Crippen LogP contribution in [0.5, 0.6) is 0 Å². The molecular formula is C22H23ClN2O5S. The molecule has 2 aromatic rings. The molecule has 0 fully saturated rings. The highest BCUT2D eigenvalue weighted by Crippen LogP contribution is 2.30. The number of nitrogens with one attached hydrogen (secondary N) is 2. The van der Waals surface area contributed by atoms with Gasteiger partial charge in [0.15, 0.2) is 9.84 Å². The van der Waals surface area contributed by atoms with E-state index >= 15 is 0 Å². The lowest BCUT2D eigenvalue weighted by Crippen LogP contribution is -2.47. The minimum atomic E-state index is -3.85. The Morgan fingerprint density at radius 3 is 2.39 bits per heavy atom. The van der Waals surface area contributed by atoms with Crippen molar-refractivity contribution in [2.24, 2.45) is 0 Å². The number of hydrogen-bond donors (Lipinski definition) is 2. The monoisotopic (exact) mass is 462 g/mol. The van der Waals surface area contributed by atoms with Gasteiger partial charge in [-0.1, -0.05) is 29.8 Å². The van der Waals surface area contributed by atoms with Gasteiger partial charge in [0.2, 0.25) is 0 Å². The number of aryl methyl sites for hydroxylation is 2. The number of urea groups is 1. The molecule has 3 rings (SSSR count). The van der Waals surface area contributed by atoms with Gasteiger partial charge in [0, 0.05) is 10.7 Å². The Morgan fingerprint density at radius 2 is 1.77 bits per heavy atom. The number of rotatable bonds is 6. The van der Waals surface area contributed by atoms with Gasteiger partial charge in [-0.05, 0) is 61.7 Å². The Hall–Kier alpha value is -2.84. The Morgan fingerprint density at radius 1 is 1.10 bits per heavy atom. The Labute approximate surface area is 186 Å². The maximum Gasteiger partial charge on any atom is 0.338 e. The van der Waals surface area contributed by atoms with Crippen LogP contribution in [0.3, 0.4) is 0 Å². The first-order valence-corrected chi connectivity index (χ1v) is 11.7. The molecule has 0 spiro atoms. The van der Waals surface area contributed by atoms with E-state index in [4.69, 9.17) is 16.3 Å². The first-order valence-electron chi connectivity index (χ1n) is 9.65. The van der Waals surface area contributed by atoms with Gasteiger partial charge in [0.25, 0.3) is 0 Å². The standard InChI is InChI=1S/C22H23ClN2O5S/c1-4-30-21(26)19-18(12-31(28,29)17-10-5-13(2)14(3)11-17)24-22(27)25-20(19)15-6-8-16(23)9-7-15/h5-11,20H,4,12H2,1-3H3,(H2,24,25,27). The zero-order chi connectivity index (χ0) is 22.8. The fraction of sp³-hybridized carbons (Fsp3) is 0.273. The van der Waals surface area contributed by atoms with Crippen molar-refractivity contribution in [1.29, 1.82) is 0 Å². The SMILES string of the molecule is CCOC(=O)C1=C(CS(=O)(=O)c2ccc(C)c(C)c2)NC(=O)NC1c1ccc(Cl)cc1. The number of carbonyl (C=O) groups is 2. The lowest BCUT2D eigenvalue weighted by atomic mass is 9.95. The minimum absolute atomic E-state index is 0.0135. The molecule has 0 saturated carbocycles. The summed E-state index contributed by atoms with van der Waals surface area (Å²) in [6, 6.07) is 9.89. The van der Waals surface area contributed by atoms with E-state index in [0.717, 1.165) is 11.1 Å². The van der Waals surface area contributed by atoms with E-state index in [1.807, 2.05) is 13.8 Å². The number of carbonyl (C=O) groups excluding carboxylic acids is 2. The number of amides is 2. The van der Waals surface area contributed by atoms with Crippen molar-refractivity contribution in [2.45, 2.75) is 31.7 Å². The largest absolute Gasteiger partial charge is 0.463 e. The number of sulfone groups is 1.